The van der Waals surface area contributed by atoms with Crippen LogP contribution in [0.2, 0.25) is 0 Å². The van der Waals surface area contributed by atoms with Gasteiger partial charge in [0.2, 0.25) is 5.91 Å². The molecule has 30 heavy (non-hydrogen) atoms. The number of ether oxygens (including phenoxy) is 2. The summed E-state index contributed by atoms with van der Waals surface area (Å²) in [4.78, 5) is 14.4. The molecule has 162 valence electrons. The van der Waals surface area contributed by atoms with Crippen LogP contribution in [0.4, 0.5) is 30.2 Å². The fraction of sp³-hybridized carbons (Fsp3) is 0.381. The van der Waals surface area contributed by atoms with E-state index in [1.54, 1.807) is 24.3 Å². The maximum absolute atomic E-state index is 13.2. The average Bonchev–Trinajstić information content (AvgIpc) is 2.73. The Morgan fingerprint density at radius 2 is 1.87 bits per heavy atom. The van der Waals surface area contributed by atoms with Crippen molar-refractivity contribution in [1.29, 1.82) is 0 Å². The molecule has 1 amide bonds. The highest BCUT2D eigenvalue weighted by molar-refractivity contribution is 5.95. The highest BCUT2D eigenvalue weighted by atomic mass is 19.4. The van der Waals surface area contributed by atoms with Gasteiger partial charge in [0.05, 0.1) is 49.0 Å². The van der Waals surface area contributed by atoms with E-state index in [0.29, 0.717) is 50.0 Å². The summed E-state index contributed by atoms with van der Waals surface area (Å²) in [5, 5.41) is 5.59. The minimum atomic E-state index is -4.47. The SMILES string of the molecule is CCOc1ccccc1NC(=O)CNc1cc(C(F)(F)F)ccc1N1CCOCC1. The van der Waals surface area contributed by atoms with E-state index >= 15 is 0 Å². The zero-order valence-electron chi connectivity index (χ0n) is 16.6. The molecule has 3 rings (SSSR count). The van der Waals surface area contributed by atoms with Gasteiger partial charge < -0.3 is 25.0 Å². The van der Waals surface area contributed by atoms with Crippen molar-refractivity contribution in [1.82, 2.24) is 0 Å². The van der Waals surface area contributed by atoms with Crippen molar-refractivity contribution in [3.63, 3.8) is 0 Å². The lowest BCUT2D eigenvalue weighted by Gasteiger charge is -2.31. The van der Waals surface area contributed by atoms with Crippen LogP contribution in [-0.2, 0) is 15.7 Å². The maximum atomic E-state index is 13.2. The van der Waals surface area contributed by atoms with Gasteiger partial charge in [-0.25, -0.2) is 0 Å². The summed E-state index contributed by atoms with van der Waals surface area (Å²) < 4.78 is 50.4. The summed E-state index contributed by atoms with van der Waals surface area (Å²) in [5.74, 6) is 0.133. The zero-order valence-corrected chi connectivity index (χ0v) is 16.6. The molecule has 1 heterocycles. The average molecular weight is 423 g/mol. The number of benzene rings is 2. The molecule has 0 bridgehead atoms. The third-order valence-electron chi connectivity index (χ3n) is 4.58. The van der Waals surface area contributed by atoms with E-state index in [9.17, 15) is 18.0 Å². The predicted octanol–water partition coefficient (Wildman–Crippen LogP) is 3.99. The second kappa shape index (κ2) is 9.71. The van der Waals surface area contributed by atoms with Gasteiger partial charge in [0.1, 0.15) is 5.75 Å². The van der Waals surface area contributed by atoms with E-state index in [4.69, 9.17) is 9.47 Å². The number of morpholine rings is 1. The number of hydrogen-bond acceptors (Lipinski definition) is 5. The minimum absolute atomic E-state index is 0.195. The van der Waals surface area contributed by atoms with E-state index < -0.39 is 17.6 Å². The number of amides is 1. The van der Waals surface area contributed by atoms with E-state index in [1.165, 1.54) is 6.07 Å². The van der Waals surface area contributed by atoms with Gasteiger partial charge in [-0.3, -0.25) is 4.79 Å². The smallest absolute Gasteiger partial charge is 0.416 e. The fourth-order valence-corrected chi connectivity index (χ4v) is 3.16. The number of anilines is 3. The molecule has 0 saturated carbocycles. The topological polar surface area (TPSA) is 62.8 Å². The van der Waals surface area contributed by atoms with Gasteiger partial charge in [0, 0.05) is 13.1 Å². The molecule has 2 N–H and O–H groups in total. The number of halogens is 3. The summed E-state index contributed by atoms with van der Waals surface area (Å²) in [6.07, 6.45) is -4.47. The minimum Gasteiger partial charge on any atom is -0.492 e. The molecule has 1 aliphatic rings. The van der Waals surface area contributed by atoms with Gasteiger partial charge in [-0.15, -0.1) is 0 Å². The largest absolute Gasteiger partial charge is 0.492 e. The van der Waals surface area contributed by atoms with Crippen molar-refractivity contribution in [2.75, 3.05) is 55.0 Å². The molecule has 1 saturated heterocycles. The molecule has 0 unspecified atom stereocenters. The Balaban J connectivity index is 1.75. The quantitative estimate of drug-likeness (QED) is 0.705. The molecule has 0 atom stereocenters. The molecule has 6 nitrogen and oxygen atoms in total. The molecule has 9 heteroatoms. The van der Waals surface area contributed by atoms with Gasteiger partial charge in [0.15, 0.2) is 0 Å². The second-order valence-corrected chi connectivity index (χ2v) is 6.66. The molecule has 0 radical (unpaired) electrons. The Hall–Kier alpha value is -2.94. The number of carbonyl (C=O) groups excluding carboxylic acids is 1. The molecule has 2 aromatic rings. The van der Waals surface area contributed by atoms with Gasteiger partial charge in [-0.2, -0.15) is 13.2 Å². The summed E-state index contributed by atoms with van der Waals surface area (Å²) >= 11 is 0. The summed E-state index contributed by atoms with van der Waals surface area (Å²) in [5.41, 5.74) is 0.585. The van der Waals surface area contributed by atoms with Crippen molar-refractivity contribution in [2.45, 2.75) is 13.1 Å². The summed E-state index contributed by atoms with van der Waals surface area (Å²) in [6, 6.07) is 10.5. The first-order valence-electron chi connectivity index (χ1n) is 9.68. The third kappa shape index (κ3) is 5.56. The second-order valence-electron chi connectivity index (χ2n) is 6.66. The first-order chi connectivity index (χ1) is 14.4. The molecule has 0 aromatic heterocycles. The lowest BCUT2D eigenvalue weighted by molar-refractivity contribution is -0.137. The van der Waals surface area contributed by atoms with Crippen molar-refractivity contribution in [2.24, 2.45) is 0 Å². The predicted molar refractivity (Wildman–Crippen MR) is 109 cm³/mol. The molecule has 1 fully saturated rings. The number of nitrogens with one attached hydrogen (secondary N) is 2. The third-order valence-corrected chi connectivity index (χ3v) is 4.58. The van der Waals surface area contributed by atoms with Crippen LogP contribution in [0.5, 0.6) is 5.75 Å². The van der Waals surface area contributed by atoms with E-state index in [2.05, 4.69) is 10.6 Å². The Labute approximate surface area is 173 Å². The lowest BCUT2D eigenvalue weighted by Crippen LogP contribution is -2.37. The molecule has 1 aliphatic heterocycles. The normalized spacial score (nSPS) is 14.3. The van der Waals surface area contributed by atoms with Crippen molar-refractivity contribution < 1.29 is 27.4 Å². The van der Waals surface area contributed by atoms with Crippen molar-refractivity contribution in [3.05, 3.63) is 48.0 Å². The van der Waals surface area contributed by atoms with Gasteiger partial charge >= 0.3 is 6.18 Å². The zero-order chi connectivity index (χ0) is 21.6. The van der Waals surface area contributed by atoms with Crippen LogP contribution >= 0.6 is 0 Å². The van der Waals surface area contributed by atoms with Gasteiger partial charge in [0.25, 0.3) is 0 Å². The van der Waals surface area contributed by atoms with Crippen LogP contribution in [0.1, 0.15) is 12.5 Å². The van der Waals surface area contributed by atoms with Crippen LogP contribution < -0.4 is 20.3 Å². The summed E-state index contributed by atoms with van der Waals surface area (Å²) in [7, 11) is 0. The lowest BCUT2D eigenvalue weighted by atomic mass is 10.1. The number of rotatable bonds is 7. The van der Waals surface area contributed by atoms with E-state index in [0.717, 1.165) is 12.1 Å². The fourth-order valence-electron chi connectivity index (χ4n) is 3.16. The summed E-state index contributed by atoms with van der Waals surface area (Å²) in [6.45, 7) is 4.20. The van der Waals surface area contributed by atoms with E-state index in [1.807, 2.05) is 11.8 Å². The number of carbonyl (C=O) groups is 1. The van der Waals surface area contributed by atoms with Crippen LogP contribution in [0.3, 0.4) is 0 Å². The van der Waals surface area contributed by atoms with Crippen LogP contribution in [0, 0.1) is 0 Å². The Morgan fingerprint density at radius 3 is 2.57 bits per heavy atom. The Bertz CT molecular complexity index is 868. The monoisotopic (exact) mass is 423 g/mol. The number of nitrogens with zero attached hydrogens (tertiary/aromatic N) is 1. The van der Waals surface area contributed by atoms with Crippen LogP contribution in [-0.4, -0.2) is 45.4 Å². The molecular formula is C21H24F3N3O3. The van der Waals surface area contributed by atoms with Gasteiger partial charge in [-0.1, -0.05) is 12.1 Å². The number of hydrogen-bond donors (Lipinski definition) is 2. The first kappa shape index (κ1) is 21.8. The highest BCUT2D eigenvalue weighted by Crippen LogP contribution is 2.35. The Morgan fingerprint density at radius 1 is 1.13 bits per heavy atom. The van der Waals surface area contributed by atoms with Gasteiger partial charge in [-0.05, 0) is 37.3 Å². The molecular weight excluding hydrogens is 399 g/mol. The standard InChI is InChI=1S/C21H24F3N3O3/c1-2-30-19-6-4-3-5-16(19)26-20(28)14-25-17-13-15(21(22,23)24)7-8-18(17)27-9-11-29-12-10-27/h3-8,13,25H,2,9-12,14H2,1H3,(H,26,28). The van der Waals surface area contributed by atoms with Crippen molar-refractivity contribution >= 4 is 23.0 Å². The highest BCUT2D eigenvalue weighted by Gasteiger charge is 2.31. The van der Waals surface area contributed by atoms with E-state index in [-0.39, 0.29) is 12.2 Å². The molecule has 0 spiro atoms. The van der Waals surface area contributed by atoms with Crippen LogP contribution in [0.15, 0.2) is 42.5 Å². The molecule has 2 aromatic carbocycles. The Kier molecular flexibility index (Phi) is 7.04. The maximum Gasteiger partial charge on any atom is 0.416 e. The number of alkyl halides is 3. The molecule has 0 aliphatic carbocycles. The van der Waals surface area contributed by atoms with Crippen LogP contribution in [0.25, 0.3) is 0 Å². The van der Waals surface area contributed by atoms with Crippen molar-refractivity contribution in [3.8, 4) is 5.75 Å². The first-order valence-corrected chi connectivity index (χ1v) is 9.68. The number of para-hydroxylation sites is 2.